The molecule has 14 heavy (non-hydrogen) atoms. The topological polar surface area (TPSA) is 52.8 Å². The van der Waals surface area contributed by atoms with Crippen LogP contribution in [0.3, 0.4) is 0 Å². The summed E-state index contributed by atoms with van der Waals surface area (Å²) in [6.07, 6.45) is 4.92. The van der Waals surface area contributed by atoms with Gasteiger partial charge < -0.3 is 4.74 Å². The standard InChI is InChI=1S/C8H9IN4O/c9-1-2-14-6-13-5-12-7-3-10-4-11-8(7)13/h3-5H,1-2,6H2. The van der Waals surface area contributed by atoms with Gasteiger partial charge in [-0.15, -0.1) is 0 Å². The molecule has 5 nitrogen and oxygen atoms in total. The molecule has 74 valence electrons. The van der Waals surface area contributed by atoms with E-state index in [1.807, 2.05) is 4.57 Å². The van der Waals surface area contributed by atoms with E-state index in [2.05, 4.69) is 37.5 Å². The summed E-state index contributed by atoms with van der Waals surface area (Å²) in [5, 5.41) is 0. The molecule has 0 amide bonds. The first-order valence-corrected chi connectivity index (χ1v) is 5.69. The van der Waals surface area contributed by atoms with Crippen LogP contribution in [0.25, 0.3) is 11.2 Å². The van der Waals surface area contributed by atoms with Crippen molar-refractivity contribution in [2.45, 2.75) is 6.73 Å². The molecule has 6 heteroatoms. The van der Waals surface area contributed by atoms with Crippen LogP contribution in [0.1, 0.15) is 0 Å². The first-order valence-electron chi connectivity index (χ1n) is 4.16. The Morgan fingerprint density at radius 3 is 3.21 bits per heavy atom. The van der Waals surface area contributed by atoms with E-state index in [0.29, 0.717) is 6.73 Å². The predicted molar refractivity (Wildman–Crippen MR) is 60.2 cm³/mol. The lowest BCUT2D eigenvalue weighted by molar-refractivity contribution is 0.0935. The molecular formula is C8H9IN4O. The maximum atomic E-state index is 5.39. The second kappa shape index (κ2) is 4.65. The molecule has 0 bridgehead atoms. The summed E-state index contributed by atoms with van der Waals surface area (Å²) in [6.45, 7) is 1.24. The number of imidazole rings is 1. The Labute approximate surface area is 94.7 Å². The number of hydrogen-bond donors (Lipinski definition) is 0. The summed E-state index contributed by atoms with van der Waals surface area (Å²) >= 11 is 2.27. The van der Waals surface area contributed by atoms with Gasteiger partial charge in [-0.3, -0.25) is 4.57 Å². The Morgan fingerprint density at radius 1 is 1.43 bits per heavy atom. The third kappa shape index (κ3) is 2.01. The fraction of sp³-hybridized carbons (Fsp3) is 0.375. The maximum Gasteiger partial charge on any atom is 0.165 e. The van der Waals surface area contributed by atoms with Crippen molar-refractivity contribution in [1.29, 1.82) is 0 Å². The number of hydrogen-bond acceptors (Lipinski definition) is 4. The van der Waals surface area contributed by atoms with E-state index in [1.165, 1.54) is 6.33 Å². The summed E-state index contributed by atoms with van der Waals surface area (Å²) in [5.41, 5.74) is 1.61. The molecule has 0 aliphatic heterocycles. The van der Waals surface area contributed by atoms with E-state index >= 15 is 0 Å². The van der Waals surface area contributed by atoms with E-state index < -0.39 is 0 Å². The van der Waals surface area contributed by atoms with Crippen LogP contribution in [0, 0.1) is 0 Å². The molecule has 0 unspecified atom stereocenters. The van der Waals surface area contributed by atoms with Crippen LogP contribution in [0.15, 0.2) is 18.9 Å². The van der Waals surface area contributed by atoms with Crippen LogP contribution in [-0.4, -0.2) is 30.6 Å². The quantitative estimate of drug-likeness (QED) is 0.484. The summed E-state index contributed by atoms with van der Waals surface area (Å²) in [7, 11) is 0. The van der Waals surface area contributed by atoms with Gasteiger partial charge in [0, 0.05) is 4.43 Å². The molecule has 0 N–H and O–H groups in total. The molecule has 2 rings (SSSR count). The van der Waals surface area contributed by atoms with Crippen molar-refractivity contribution >= 4 is 33.8 Å². The largest absolute Gasteiger partial charge is 0.360 e. The molecule has 0 spiro atoms. The van der Waals surface area contributed by atoms with E-state index in [9.17, 15) is 0 Å². The van der Waals surface area contributed by atoms with Gasteiger partial charge in [0.15, 0.2) is 5.65 Å². The first kappa shape index (κ1) is 9.78. The minimum absolute atomic E-state index is 0.497. The molecule has 0 aliphatic carbocycles. The van der Waals surface area contributed by atoms with Crippen molar-refractivity contribution < 1.29 is 4.74 Å². The number of aromatic nitrogens is 4. The molecular weight excluding hydrogens is 295 g/mol. The van der Waals surface area contributed by atoms with Crippen molar-refractivity contribution in [3.63, 3.8) is 0 Å². The second-order valence-corrected chi connectivity index (χ2v) is 3.75. The van der Waals surface area contributed by atoms with Gasteiger partial charge >= 0.3 is 0 Å². The highest BCUT2D eigenvalue weighted by Crippen LogP contribution is 2.06. The fourth-order valence-corrected chi connectivity index (χ4v) is 1.44. The molecule has 2 heterocycles. The van der Waals surface area contributed by atoms with Gasteiger partial charge in [0.2, 0.25) is 0 Å². The summed E-state index contributed by atoms with van der Waals surface area (Å²) < 4.78 is 8.24. The summed E-state index contributed by atoms with van der Waals surface area (Å²) in [5.74, 6) is 0. The molecule has 0 saturated heterocycles. The number of alkyl halides is 1. The molecule has 0 aromatic carbocycles. The van der Waals surface area contributed by atoms with Gasteiger partial charge in [0.25, 0.3) is 0 Å². The number of rotatable bonds is 4. The third-order valence-corrected chi connectivity index (χ3v) is 2.17. The Balaban J connectivity index is 2.17. The van der Waals surface area contributed by atoms with Gasteiger partial charge in [0.05, 0.1) is 19.1 Å². The van der Waals surface area contributed by atoms with Gasteiger partial charge in [-0.25, -0.2) is 15.0 Å². The molecule has 0 radical (unpaired) electrons. The lowest BCUT2D eigenvalue weighted by Gasteiger charge is -2.02. The monoisotopic (exact) mass is 304 g/mol. The maximum absolute atomic E-state index is 5.39. The van der Waals surface area contributed by atoms with Gasteiger partial charge in [-0.05, 0) is 0 Å². The highest BCUT2D eigenvalue weighted by molar-refractivity contribution is 14.1. The van der Waals surface area contributed by atoms with Crippen LogP contribution in [0.2, 0.25) is 0 Å². The van der Waals surface area contributed by atoms with Crippen molar-refractivity contribution in [3.8, 4) is 0 Å². The van der Waals surface area contributed by atoms with Crippen LogP contribution < -0.4 is 0 Å². The normalized spacial score (nSPS) is 10.9. The predicted octanol–water partition coefficient (Wildman–Crippen LogP) is 1.24. The summed E-state index contributed by atoms with van der Waals surface area (Å²) in [6, 6.07) is 0. The van der Waals surface area contributed by atoms with E-state index in [4.69, 9.17) is 4.74 Å². The van der Waals surface area contributed by atoms with Gasteiger partial charge in [-0.1, -0.05) is 22.6 Å². The number of ether oxygens (including phenoxy) is 1. The minimum Gasteiger partial charge on any atom is -0.360 e. The average Bonchev–Trinajstić information content (AvgIpc) is 2.63. The molecule has 0 fully saturated rings. The van der Waals surface area contributed by atoms with Crippen molar-refractivity contribution in [3.05, 3.63) is 18.9 Å². The SMILES string of the molecule is ICCOCn1cnc2cncnc21. The lowest BCUT2D eigenvalue weighted by atomic mass is 10.6. The molecule has 0 aliphatic rings. The van der Waals surface area contributed by atoms with Crippen LogP contribution >= 0.6 is 22.6 Å². The van der Waals surface area contributed by atoms with Crippen LogP contribution in [-0.2, 0) is 11.5 Å². The Morgan fingerprint density at radius 2 is 2.36 bits per heavy atom. The van der Waals surface area contributed by atoms with Crippen molar-refractivity contribution in [1.82, 2.24) is 19.5 Å². The zero-order valence-electron chi connectivity index (χ0n) is 7.43. The first-order chi connectivity index (χ1) is 6.92. The van der Waals surface area contributed by atoms with Gasteiger partial charge in [0.1, 0.15) is 18.6 Å². The zero-order chi connectivity index (χ0) is 9.80. The zero-order valence-corrected chi connectivity index (χ0v) is 9.59. The van der Waals surface area contributed by atoms with Crippen LogP contribution in [0.5, 0.6) is 0 Å². The minimum atomic E-state index is 0.497. The van der Waals surface area contributed by atoms with Gasteiger partial charge in [-0.2, -0.15) is 0 Å². The van der Waals surface area contributed by atoms with Crippen molar-refractivity contribution in [2.24, 2.45) is 0 Å². The smallest absolute Gasteiger partial charge is 0.165 e. The number of halogens is 1. The Bertz CT molecular complexity index is 416. The highest BCUT2D eigenvalue weighted by Gasteiger charge is 2.02. The average molecular weight is 304 g/mol. The fourth-order valence-electron chi connectivity index (χ4n) is 1.13. The van der Waals surface area contributed by atoms with Crippen molar-refractivity contribution in [2.75, 3.05) is 11.0 Å². The highest BCUT2D eigenvalue weighted by atomic mass is 127. The molecule has 2 aromatic rings. The van der Waals surface area contributed by atoms with Crippen LogP contribution in [0.4, 0.5) is 0 Å². The molecule has 2 aromatic heterocycles. The third-order valence-electron chi connectivity index (χ3n) is 1.73. The number of fused-ring (bicyclic) bond motifs is 1. The second-order valence-electron chi connectivity index (χ2n) is 2.67. The van der Waals surface area contributed by atoms with E-state index in [0.717, 1.165) is 22.2 Å². The Hall–Kier alpha value is -0.760. The molecule has 0 atom stereocenters. The lowest BCUT2D eigenvalue weighted by Crippen LogP contribution is -2.03. The molecule has 0 saturated carbocycles. The van der Waals surface area contributed by atoms with E-state index in [1.54, 1.807) is 12.5 Å². The summed E-state index contributed by atoms with van der Waals surface area (Å²) in [4.78, 5) is 12.2. The van der Waals surface area contributed by atoms with E-state index in [-0.39, 0.29) is 0 Å². The Kier molecular flexibility index (Phi) is 3.25. The number of nitrogens with zero attached hydrogens (tertiary/aromatic N) is 4.